The molecule has 0 unspecified atom stereocenters. The van der Waals surface area contributed by atoms with Gasteiger partial charge in [0.15, 0.2) is 0 Å². The van der Waals surface area contributed by atoms with Crippen molar-refractivity contribution in [3.05, 3.63) is 82.3 Å². The molecule has 0 radical (unpaired) electrons. The SMILES string of the molecule is CN(CC(=O)Nc1c(Cl)cccc1Cl)C(=O)/C=C/c1cccc2ccccc12. The van der Waals surface area contributed by atoms with Crippen LogP contribution < -0.4 is 5.32 Å². The Morgan fingerprint density at radius 3 is 2.36 bits per heavy atom. The van der Waals surface area contributed by atoms with E-state index < -0.39 is 0 Å². The van der Waals surface area contributed by atoms with Gasteiger partial charge in [-0.15, -0.1) is 0 Å². The zero-order valence-electron chi connectivity index (χ0n) is 15.2. The van der Waals surface area contributed by atoms with E-state index in [1.807, 2.05) is 42.5 Å². The zero-order chi connectivity index (χ0) is 20.1. The smallest absolute Gasteiger partial charge is 0.246 e. The second kappa shape index (κ2) is 8.91. The molecule has 1 N–H and O–H groups in total. The lowest BCUT2D eigenvalue weighted by Crippen LogP contribution is -2.34. The van der Waals surface area contributed by atoms with E-state index in [0.29, 0.717) is 15.7 Å². The van der Waals surface area contributed by atoms with Crippen molar-refractivity contribution < 1.29 is 9.59 Å². The standard InChI is InChI=1S/C22H18Cl2N2O2/c1-26(14-20(27)25-22-18(23)10-5-11-19(22)24)21(28)13-12-16-8-4-7-15-6-2-3-9-17(15)16/h2-13H,14H2,1H3,(H,25,27)/b13-12+. The molecule has 2 amide bonds. The number of fused-ring (bicyclic) bond motifs is 1. The maximum atomic E-state index is 12.4. The minimum Gasteiger partial charge on any atom is -0.333 e. The molecule has 142 valence electrons. The maximum Gasteiger partial charge on any atom is 0.246 e. The topological polar surface area (TPSA) is 49.4 Å². The Bertz CT molecular complexity index is 1040. The molecule has 4 nitrogen and oxygen atoms in total. The van der Waals surface area contributed by atoms with Gasteiger partial charge in [-0.1, -0.05) is 71.7 Å². The molecule has 0 fully saturated rings. The van der Waals surface area contributed by atoms with E-state index in [1.165, 1.54) is 11.0 Å². The van der Waals surface area contributed by atoms with Crippen LogP contribution in [-0.4, -0.2) is 30.3 Å². The van der Waals surface area contributed by atoms with E-state index >= 15 is 0 Å². The number of anilines is 1. The van der Waals surface area contributed by atoms with Crippen LogP contribution in [0.5, 0.6) is 0 Å². The highest BCUT2D eigenvalue weighted by atomic mass is 35.5. The Balaban J connectivity index is 1.66. The van der Waals surface area contributed by atoms with Crippen LogP contribution in [0.2, 0.25) is 10.0 Å². The van der Waals surface area contributed by atoms with Gasteiger partial charge in [0.25, 0.3) is 0 Å². The lowest BCUT2D eigenvalue weighted by molar-refractivity contribution is -0.129. The number of rotatable bonds is 5. The van der Waals surface area contributed by atoms with Crippen molar-refractivity contribution in [3.8, 4) is 0 Å². The molecule has 0 aliphatic rings. The first-order valence-corrected chi connectivity index (χ1v) is 9.36. The maximum absolute atomic E-state index is 12.4. The fourth-order valence-electron chi connectivity index (χ4n) is 2.77. The predicted octanol–water partition coefficient (Wildman–Crippen LogP) is 5.26. The first kappa shape index (κ1) is 19.9. The highest BCUT2D eigenvalue weighted by Gasteiger charge is 2.14. The number of nitrogens with one attached hydrogen (secondary N) is 1. The molecule has 3 aromatic rings. The van der Waals surface area contributed by atoms with Gasteiger partial charge in [-0.05, 0) is 34.5 Å². The molecule has 0 saturated heterocycles. The second-order valence-corrected chi connectivity index (χ2v) is 7.06. The molecule has 3 rings (SSSR count). The van der Waals surface area contributed by atoms with Gasteiger partial charge in [0, 0.05) is 13.1 Å². The fraction of sp³-hybridized carbons (Fsp3) is 0.0909. The number of nitrogens with zero attached hydrogens (tertiary/aromatic N) is 1. The van der Waals surface area contributed by atoms with E-state index in [0.717, 1.165) is 16.3 Å². The lowest BCUT2D eigenvalue weighted by atomic mass is 10.0. The van der Waals surface area contributed by atoms with Crippen LogP contribution in [-0.2, 0) is 9.59 Å². The van der Waals surface area contributed by atoms with Crippen LogP contribution in [0.4, 0.5) is 5.69 Å². The van der Waals surface area contributed by atoms with Gasteiger partial charge < -0.3 is 10.2 Å². The largest absolute Gasteiger partial charge is 0.333 e. The van der Waals surface area contributed by atoms with Crippen molar-refractivity contribution in [2.75, 3.05) is 18.9 Å². The lowest BCUT2D eigenvalue weighted by Gasteiger charge is -2.16. The summed E-state index contributed by atoms with van der Waals surface area (Å²) < 4.78 is 0. The van der Waals surface area contributed by atoms with Crippen LogP contribution in [0.3, 0.4) is 0 Å². The van der Waals surface area contributed by atoms with Crippen LogP contribution in [0, 0.1) is 0 Å². The third kappa shape index (κ3) is 4.71. The van der Waals surface area contributed by atoms with Crippen LogP contribution in [0.25, 0.3) is 16.8 Å². The molecule has 0 aliphatic carbocycles. The predicted molar refractivity (Wildman–Crippen MR) is 116 cm³/mol. The van der Waals surface area contributed by atoms with Crippen LogP contribution in [0.1, 0.15) is 5.56 Å². The van der Waals surface area contributed by atoms with E-state index in [2.05, 4.69) is 5.32 Å². The van der Waals surface area contributed by atoms with Gasteiger partial charge in [-0.3, -0.25) is 9.59 Å². The molecular formula is C22H18Cl2N2O2. The van der Waals surface area contributed by atoms with Crippen LogP contribution >= 0.6 is 23.2 Å². The van der Waals surface area contributed by atoms with Crippen molar-refractivity contribution in [1.29, 1.82) is 0 Å². The highest BCUT2D eigenvalue weighted by Crippen LogP contribution is 2.29. The van der Waals surface area contributed by atoms with E-state index in [1.54, 1.807) is 31.3 Å². The number of hydrogen-bond acceptors (Lipinski definition) is 2. The van der Waals surface area contributed by atoms with E-state index in [4.69, 9.17) is 23.2 Å². The number of benzene rings is 3. The van der Waals surface area contributed by atoms with Crippen molar-refractivity contribution >= 4 is 57.6 Å². The number of carbonyl (C=O) groups is 2. The van der Waals surface area contributed by atoms with E-state index in [9.17, 15) is 9.59 Å². The van der Waals surface area contributed by atoms with Gasteiger partial charge in [-0.25, -0.2) is 0 Å². The fourth-order valence-corrected chi connectivity index (χ4v) is 3.27. The number of para-hydroxylation sites is 1. The quantitative estimate of drug-likeness (QED) is 0.581. The number of halogens is 2. The Morgan fingerprint density at radius 1 is 0.964 bits per heavy atom. The number of carbonyl (C=O) groups excluding carboxylic acids is 2. The average Bonchev–Trinajstić information content (AvgIpc) is 2.69. The summed E-state index contributed by atoms with van der Waals surface area (Å²) >= 11 is 12.1. The van der Waals surface area contributed by atoms with Gasteiger partial charge in [0.2, 0.25) is 11.8 Å². The zero-order valence-corrected chi connectivity index (χ0v) is 16.7. The Hall–Kier alpha value is -2.82. The Morgan fingerprint density at radius 2 is 1.61 bits per heavy atom. The molecule has 0 heterocycles. The summed E-state index contributed by atoms with van der Waals surface area (Å²) in [7, 11) is 1.56. The third-order valence-electron chi connectivity index (χ3n) is 4.21. The first-order valence-electron chi connectivity index (χ1n) is 8.60. The summed E-state index contributed by atoms with van der Waals surface area (Å²) in [6.07, 6.45) is 3.21. The summed E-state index contributed by atoms with van der Waals surface area (Å²) in [6.45, 7) is -0.125. The number of likely N-dealkylation sites (N-methyl/N-ethyl adjacent to an activating group) is 1. The molecule has 0 atom stereocenters. The third-order valence-corrected chi connectivity index (χ3v) is 4.84. The number of hydrogen-bond donors (Lipinski definition) is 1. The molecule has 6 heteroatoms. The molecule has 0 aromatic heterocycles. The molecule has 3 aromatic carbocycles. The van der Waals surface area contributed by atoms with Gasteiger partial charge in [-0.2, -0.15) is 0 Å². The summed E-state index contributed by atoms with van der Waals surface area (Å²) in [5.41, 5.74) is 1.27. The molecule has 28 heavy (non-hydrogen) atoms. The summed E-state index contributed by atoms with van der Waals surface area (Å²) in [5.74, 6) is -0.669. The van der Waals surface area contributed by atoms with E-state index in [-0.39, 0.29) is 18.4 Å². The molecule has 0 spiro atoms. The monoisotopic (exact) mass is 412 g/mol. The van der Waals surface area contributed by atoms with Gasteiger partial charge in [0.05, 0.1) is 22.3 Å². The average molecular weight is 413 g/mol. The minimum atomic E-state index is -0.385. The molecular weight excluding hydrogens is 395 g/mol. The van der Waals surface area contributed by atoms with Crippen molar-refractivity contribution in [3.63, 3.8) is 0 Å². The minimum absolute atomic E-state index is 0.125. The van der Waals surface area contributed by atoms with Crippen molar-refractivity contribution in [2.24, 2.45) is 0 Å². The molecule has 0 bridgehead atoms. The summed E-state index contributed by atoms with van der Waals surface area (Å²) in [6, 6.07) is 18.8. The summed E-state index contributed by atoms with van der Waals surface area (Å²) in [4.78, 5) is 25.9. The first-order chi connectivity index (χ1) is 13.5. The van der Waals surface area contributed by atoms with Gasteiger partial charge >= 0.3 is 0 Å². The highest BCUT2D eigenvalue weighted by molar-refractivity contribution is 6.39. The Labute approximate surface area is 173 Å². The van der Waals surface area contributed by atoms with Crippen molar-refractivity contribution in [2.45, 2.75) is 0 Å². The van der Waals surface area contributed by atoms with Gasteiger partial charge in [0.1, 0.15) is 0 Å². The molecule has 0 saturated carbocycles. The second-order valence-electron chi connectivity index (χ2n) is 6.24. The Kier molecular flexibility index (Phi) is 6.34. The number of amides is 2. The van der Waals surface area contributed by atoms with Crippen molar-refractivity contribution in [1.82, 2.24) is 4.90 Å². The molecule has 0 aliphatic heterocycles. The van der Waals surface area contributed by atoms with Crippen LogP contribution in [0.15, 0.2) is 66.7 Å². The summed E-state index contributed by atoms with van der Waals surface area (Å²) in [5, 5.41) is 5.48. The normalized spacial score (nSPS) is 11.0.